The van der Waals surface area contributed by atoms with E-state index in [1.165, 1.54) is 4.80 Å². The number of nitrogens with one attached hydrogen (secondary N) is 1. The number of benzene rings is 1. The second kappa shape index (κ2) is 8.99. The summed E-state index contributed by atoms with van der Waals surface area (Å²) >= 11 is 3.47. The first-order valence-electron chi connectivity index (χ1n) is 10.0. The van der Waals surface area contributed by atoms with Crippen molar-refractivity contribution >= 4 is 27.7 Å². The molecule has 10 heteroatoms. The highest BCUT2D eigenvalue weighted by Gasteiger charge is 2.24. The first-order chi connectivity index (χ1) is 15.0. The number of tetrazole rings is 1. The molecule has 3 aromatic rings. The third-order valence-electron chi connectivity index (χ3n) is 5.46. The number of aromatic nitrogens is 5. The number of nitriles is 1. The van der Waals surface area contributed by atoms with Crippen molar-refractivity contribution < 1.29 is 9.53 Å². The average molecular weight is 484 g/mol. The predicted octanol–water partition coefficient (Wildman–Crippen LogP) is 3.21. The molecule has 1 amide bonds. The largest absolute Gasteiger partial charge is 0.376 e. The van der Waals surface area contributed by atoms with Crippen LogP contribution in [-0.2, 0) is 22.6 Å². The zero-order chi connectivity index (χ0) is 22.0. The minimum absolute atomic E-state index is 0.0801. The number of rotatable bonds is 6. The van der Waals surface area contributed by atoms with E-state index in [0.29, 0.717) is 23.8 Å². The van der Waals surface area contributed by atoms with Crippen molar-refractivity contribution in [3.8, 4) is 17.5 Å². The van der Waals surface area contributed by atoms with E-state index in [9.17, 15) is 10.1 Å². The van der Waals surface area contributed by atoms with Crippen molar-refractivity contribution in [3.63, 3.8) is 0 Å². The molecule has 1 fully saturated rings. The zero-order valence-corrected chi connectivity index (χ0v) is 18.9. The summed E-state index contributed by atoms with van der Waals surface area (Å²) in [7, 11) is 0. The molecule has 0 aliphatic carbocycles. The van der Waals surface area contributed by atoms with Crippen LogP contribution in [-0.4, -0.2) is 43.4 Å². The number of ether oxygens (including phenoxy) is 1. The fourth-order valence-electron chi connectivity index (χ4n) is 3.71. The van der Waals surface area contributed by atoms with Crippen molar-refractivity contribution in [2.24, 2.45) is 0 Å². The normalized spacial score (nSPS) is 15.7. The molecule has 1 N–H and O–H groups in total. The molecular weight excluding hydrogens is 462 g/mol. The number of carbonyl (C=O) groups is 1. The number of carbonyl (C=O) groups excluding carboxylic acids is 1. The van der Waals surface area contributed by atoms with E-state index in [0.717, 1.165) is 40.7 Å². The van der Waals surface area contributed by atoms with Crippen molar-refractivity contribution in [3.05, 3.63) is 45.6 Å². The lowest BCUT2D eigenvalue weighted by molar-refractivity contribution is -0.117. The van der Waals surface area contributed by atoms with Gasteiger partial charge in [0.2, 0.25) is 11.7 Å². The molecular formula is C21H22BrN7O2. The smallest absolute Gasteiger partial charge is 0.249 e. The summed E-state index contributed by atoms with van der Waals surface area (Å²) in [5, 5.41) is 24.9. The van der Waals surface area contributed by atoms with Crippen LogP contribution >= 0.6 is 15.9 Å². The van der Waals surface area contributed by atoms with Crippen LogP contribution in [0.15, 0.2) is 28.7 Å². The predicted molar refractivity (Wildman–Crippen MR) is 117 cm³/mol. The van der Waals surface area contributed by atoms with E-state index >= 15 is 0 Å². The van der Waals surface area contributed by atoms with Crippen LogP contribution in [0.1, 0.15) is 29.7 Å². The first kappa shape index (κ1) is 21.2. The Balaban J connectivity index is 1.53. The third kappa shape index (κ3) is 4.38. The average Bonchev–Trinajstić information content (AvgIpc) is 3.47. The molecule has 1 aliphatic heterocycles. The van der Waals surface area contributed by atoms with E-state index in [1.54, 1.807) is 0 Å². The summed E-state index contributed by atoms with van der Waals surface area (Å²) in [4.78, 5) is 14.0. The number of hydrogen-bond donors (Lipinski definition) is 1. The Morgan fingerprint density at radius 2 is 2.19 bits per heavy atom. The summed E-state index contributed by atoms with van der Waals surface area (Å²) in [5.74, 6) is 0.578. The standard InChI is InChI=1S/C21H22BrN7O2/c1-13-14(2)28(11-15-6-5-9-31-15)21(17(13)10-23)24-19(30)12-29-26-20(25-27-29)16-7-3-4-8-18(16)22/h3-4,7-8,15H,5-6,9,11-12H2,1-2H3,(H,24,30)/t15-/m1/s1. The van der Waals surface area contributed by atoms with Crippen molar-refractivity contribution in [2.45, 2.75) is 45.9 Å². The van der Waals surface area contributed by atoms with Gasteiger partial charge < -0.3 is 14.6 Å². The van der Waals surface area contributed by atoms with Crippen molar-refractivity contribution in [1.29, 1.82) is 5.26 Å². The molecule has 0 unspecified atom stereocenters. The Kier molecular flexibility index (Phi) is 6.15. The van der Waals surface area contributed by atoms with E-state index < -0.39 is 0 Å². The lowest BCUT2D eigenvalue weighted by Crippen LogP contribution is -2.24. The van der Waals surface area contributed by atoms with Crippen LogP contribution < -0.4 is 5.32 Å². The van der Waals surface area contributed by atoms with Crippen LogP contribution in [0.25, 0.3) is 11.4 Å². The molecule has 3 heterocycles. The molecule has 0 radical (unpaired) electrons. The molecule has 1 aliphatic rings. The van der Waals surface area contributed by atoms with Crippen LogP contribution in [0.2, 0.25) is 0 Å². The quantitative estimate of drug-likeness (QED) is 0.576. The lowest BCUT2D eigenvalue weighted by Gasteiger charge is -2.16. The summed E-state index contributed by atoms with van der Waals surface area (Å²) in [5.41, 5.74) is 3.05. The van der Waals surface area contributed by atoms with E-state index in [1.807, 2.05) is 42.7 Å². The molecule has 9 nitrogen and oxygen atoms in total. The highest BCUT2D eigenvalue weighted by molar-refractivity contribution is 9.10. The van der Waals surface area contributed by atoms with Gasteiger partial charge >= 0.3 is 0 Å². The molecule has 0 bridgehead atoms. The maximum atomic E-state index is 12.8. The Labute approximate surface area is 188 Å². The minimum atomic E-state index is -0.335. The monoisotopic (exact) mass is 483 g/mol. The van der Waals surface area contributed by atoms with Gasteiger partial charge in [-0.15, -0.1) is 10.2 Å². The van der Waals surface area contributed by atoms with E-state index in [2.05, 4.69) is 42.7 Å². The summed E-state index contributed by atoms with van der Waals surface area (Å²) in [6.07, 6.45) is 2.07. The topological polar surface area (TPSA) is 111 Å². The molecule has 1 atom stereocenters. The number of halogens is 1. The molecule has 160 valence electrons. The summed E-state index contributed by atoms with van der Waals surface area (Å²) in [6.45, 7) is 5.06. The summed E-state index contributed by atoms with van der Waals surface area (Å²) < 4.78 is 8.56. The first-order valence-corrected chi connectivity index (χ1v) is 10.8. The minimum Gasteiger partial charge on any atom is -0.376 e. The van der Waals surface area contributed by atoms with Crippen molar-refractivity contribution in [2.75, 3.05) is 11.9 Å². The lowest BCUT2D eigenvalue weighted by atomic mass is 10.2. The van der Waals surface area contributed by atoms with Gasteiger partial charge in [-0.3, -0.25) is 4.79 Å². The van der Waals surface area contributed by atoms with Gasteiger partial charge in [-0.05, 0) is 49.6 Å². The Morgan fingerprint density at radius 1 is 1.39 bits per heavy atom. The molecule has 1 aromatic carbocycles. The molecule has 2 aromatic heterocycles. The maximum Gasteiger partial charge on any atom is 0.249 e. The molecule has 0 saturated carbocycles. The van der Waals surface area contributed by atoms with Crippen LogP contribution in [0.4, 0.5) is 5.82 Å². The SMILES string of the molecule is Cc1c(C#N)c(NC(=O)Cn2nnc(-c3ccccc3Br)n2)n(C[C@H]2CCCO2)c1C. The molecule has 0 spiro atoms. The van der Waals surface area contributed by atoms with Gasteiger partial charge in [0.25, 0.3) is 0 Å². The number of hydrogen-bond acceptors (Lipinski definition) is 6. The number of amides is 1. The van der Waals surface area contributed by atoms with Gasteiger partial charge in [0.1, 0.15) is 18.4 Å². The number of anilines is 1. The summed E-state index contributed by atoms with van der Waals surface area (Å²) in [6, 6.07) is 9.75. The number of nitrogens with zero attached hydrogens (tertiary/aromatic N) is 6. The Bertz CT molecular complexity index is 1160. The van der Waals surface area contributed by atoms with Crippen LogP contribution in [0.3, 0.4) is 0 Å². The fourth-order valence-corrected chi connectivity index (χ4v) is 4.17. The van der Waals surface area contributed by atoms with E-state index in [-0.39, 0.29) is 18.6 Å². The fraction of sp³-hybridized carbons (Fsp3) is 0.381. The second-order valence-corrected chi connectivity index (χ2v) is 8.32. The van der Waals surface area contributed by atoms with Gasteiger partial charge in [-0.25, -0.2) is 0 Å². The van der Waals surface area contributed by atoms with Gasteiger partial charge in [0.05, 0.1) is 18.2 Å². The molecule has 31 heavy (non-hydrogen) atoms. The third-order valence-corrected chi connectivity index (χ3v) is 6.15. The van der Waals surface area contributed by atoms with Crippen LogP contribution in [0.5, 0.6) is 0 Å². The van der Waals surface area contributed by atoms with E-state index in [4.69, 9.17) is 4.74 Å². The Morgan fingerprint density at radius 3 is 2.90 bits per heavy atom. The van der Waals surface area contributed by atoms with Gasteiger partial charge in [0, 0.05) is 22.3 Å². The molecule has 1 saturated heterocycles. The second-order valence-electron chi connectivity index (χ2n) is 7.46. The van der Waals surface area contributed by atoms with Gasteiger partial charge in [-0.1, -0.05) is 28.1 Å². The highest BCUT2D eigenvalue weighted by atomic mass is 79.9. The Hall–Kier alpha value is -3.03. The molecule has 4 rings (SSSR count). The zero-order valence-electron chi connectivity index (χ0n) is 17.3. The maximum absolute atomic E-state index is 12.8. The van der Waals surface area contributed by atoms with Gasteiger partial charge in [-0.2, -0.15) is 10.1 Å². The highest BCUT2D eigenvalue weighted by Crippen LogP contribution is 2.28. The van der Waals surface area contributed by atoms with Gasteiger partial charge in [0.15, 0.2) is 0 Å². The van der Waals surface area contributed by atoms with Crippen molar-refractivity contribution in [1.82, 2.24) is 24.8 Å². The van der Waals surface area contributed by atoms with Crippen LogP contribution in [0, 0.1) is 25.2 Å².